The van der Waals surface area contributed by atoms with E-state index >= 15 is 0 Å². The van der Waals surface area contributed by atoms with Crippen molar-refractivity contribution in [1.82, 2.24) is 10.2 Å². The van der Waals surface area contributed by atoms with Crippen LogP contribution in [0.3, 0.4) is 0 Å². The van der Waals surface area contributed by atoms with Gasteiger partial charge in [0.25, 0.3) is 5.91 Å². The number of likely N-dealkylation sites (tertiary alicyclic amines) is 1. The lowest BCUT2D eigenvalue weighted by atomic mass is 9.75. The Hall–Kier alpha value is -1.84. The molecule has 2 aliphatic rings. The Kier molecular flexibility index (Phi) is 4.99. The third-order valence-corrected chi connectivity index (χ3v) is 5.32. The van der Waals surface area contributed by atoms with Gasteiger partial charge in [0.2, 0.25) is 5.91 Å². The van der Waals surface area contributed by atoms with Crippen LogP contribution in [0, 0.1) is 18.8 Å². The van der Waals surface area contributed by atoms with Crippen molar-refractivity contribution in [1.29, 1.82) is 0 Å². The number of hydrogen-bond donors (Lipinski definition) is 1. The van der Waals surface area contributed by atoms with E-state index in [4.69, 9.17) is 0 Å². The first-order valence-corrected chi connectivity index (χ1v) is 8.76. The van der Waals surface area contributed by atoms with Crippen LogP contribution in [0.15, 0.2) is 24.3 Å². The molecule has 2 amide bonds. The average Bonchev–Trinajstić information content (AvgIpc) is 2.59. The van der Waals surface area contributed by atoms with Crippen molar-refractivity contribution in [3.05, 3.63) is 35.4 Å². The molecule has 1 N–H and O–H groups in total. The number of piperidine rings is 1. The smallest absolute Gasteiger partial charge is 0.251 e. The number of fused-ring (bicyclic) bond motifs is 1. The molecule has 0 spiro atoms. The Morgan fingerprint density at radius 2 is 1.96 bits per heavy atom. The van der Waals surface area contributed by atoms with Crippen molar-refractivity contribution in [3.63, 3.8) is 0 Å². The fourth-order valence-electron chi connectivity index (χ4n) is 3.98. The quantitative estimate of drug-likeness (QED) is 0.932. The lowest BCUT2D eigenvalue weighted by Crippen LogP contribution is -2.48. The number of rotatable bonds is 3. The number of carbonyl (C=O) groups is 2. The summed E-state index contributed by atoms with van der Waals surface area (Å²) in [5.74, 6) is 1.37. The fraction of sp³-hybridized carbons (Fsp3) is 0.579. The van der Waals surface area contributed by atoms with E-state index in [0.717, 1.165) is 31.0 Å². The first kappa shape index (κ1) is 16.0. The van der Waals surface area contributed by atoms with E-state index in [0.29, 0.717) is 11.5 Å². The molecule has 23 heavy (non-hydrogen) atoms. The van der Waals surface area contributed by atoms with E-state index in [1.807, 2.05) is 30.0 Å². The minimum absolute atomic E-state index is 0.0510. The number of benzene rings is 1. The molecule has 1 heterocycles. The number of nitrogens with one attached hydrogen (secondary N) is 1. The maximum absolute atomic E-state index is 12.4. The number of carbonyl (C=O) groups excluding carboxylic acids is 2. The van der Waals surface area contributed by atoms with E-state index in [-0.39, 0.29) is 18.4 Å². The lowest BCUT2D eigenvalue weighted by molar-refractivity contribution is -0.133. The largest absolute Gasteiger partial charge is 0.343 e. The molecule has 4 heteroatoms. The van der Waals surface area contributed by atoms with Gasteiger partial charge in [-0.1, -0.05) is 37.0 Å². The molecule has 1 aromatic rings. The van der Waals surface area contributed by atoms with Gasteiger partial charge in [-0.15, -0.1) is 0 Å². The van der Waals surface area contributed by atoms with Crippen LogP contribution in [0.5, 0.6) is 0 Å². The predicted octanol–water partition coefficient (Wildman–Crippen LogP) is 2.76. The second kappa shape index (κ2) is 7.16. The summed E-state index contributed by atoms with van der Waals surface area (Å²) in [4.78, 5) is 26.5. The van der Waals surface area contributed by atoms with Crippen LogP contribution >= 0.6 is 0 Å². The van der Waals surface area contributed by atoms with Crippen LogP contribution < -0.4 is 5.32 Å². The van der Waals surface area contributed by atoms with Crippen molar-refractivity contribution in [2.75, 3.05) is 19.6 Å². The lowest BCUT2D eigenvalue weighted by Gasteiger charge is -2.41. The first-order chi connectivity index (χ1) is 11.1. The Balaban J connectivity index is 1.50. The number of hydrogen-bond acceptors (Lipinski definition) is 2. The average molecular weight is 314 g/mol. The molecule has 2 atom stereocenters. The second-order valence-corrected chi connectivity index (χ2v) is 6.99. The zero-order valence-electron chi connectivity index (χ0n) is 13.9. The molecule has 3 rings (SSSR count). The zero-order chi connectivity index (χ0) is 16.2. The van der Waals surface area contributed by atoms with Gasteiger partial charge in [-0.2, -0.15) is 0 Å². The summed E-state index contributed by atoms with van der Waals surface area (Å²) in [6.07, 6.45) is 6.36. The SMILES string of the molecule is Cc1cccc(C(=O)NCC(=O)N2CC[C@@H]3CCCC[C@H]3C2)c1. The van der Waals surface area contributed by atoms with Crippen LogP contribution in [0.1, 0.15) is 48.0 Å². The number of aryl methyl sites for hydroxylation is 1. The Morgan fingerprint density at radius 1 is 1.17 bits per heavy atom. The molecule has 0 unspecified atom stereocenters. The Morgan fingerprint density at radius 3 is 2.74 bits per heavy atom. The molecule has 1 saturated heterocycles. The summed E-state index contributed by atoms with van der Waals surface area (Å²) in [5, 5.41) is 2.77. The topological polar surface area (TPSA) is 49.4 Å². The standard InChI is InChI=1S/C19H26N2O2/c1-14-5-4-8-16(11-14)19(23)20-12-18(22)21-10-9-15-6-2-3-7-17(15)13-21/h4-5,8,11,15,17H,2-3,6-7,9-10,12-13H2,1H3,(H,20,23)/t15-,17-/m0/s1. The summed E-state index contributed by atoms with van der Waals surface area (Å²) in [6, 6.07) is 7.43. The van der Waals surface area contributed by atoms with Gasteiger partial charge in [0.05, 0.1) is 6.54 Å². The molecule has 1 aliphatic heterocycles. The molecule has 1 aromatic carbocycles. The van der Waals surface area contributed by atoms with Gasteiger partial charge in [-0.25, -0.2) is 0 Å². The second-order valence-electron chi connectivity index (χ2n) is 6.99. The van der Waals surface area contributed by atoms with Gasteiger partial charge in [0.1, 0.15) is 0 Å². The monoisotopic (exact) mass is 314 g/mol. The maximum atomic E-state index is 12.4. The summed E-state index contributed by atoms with van der Waals surface area (Å²) in [5.41, 5.74) is 1.66. The van der Waals surface area contributed by atoms with Crippen molar-refractivity contribution >= 4 is 11.8 Å². The molecule has 0 bridgehead atoms. The van der Waals surface area contributed by atoms with Crippen molar-refractivity contribution in [2.24, 2.45) is 11.8 Å². The van der Waals surface area contributed by atoms with Gasteiger partial charge in [-0.3, -0.25) is 9.59 Å². The van der Waals surface area contributed by atoms with E-state index in [1.54, 1.807) is 6.07 Å². The molecule has 1 aliphatic carbocycles. The Bertz CT molecular complexity index is 584. The van der Waals surface area contributed by atoms with Gasteiger partial charge in [-0.05, 0) is 43.7 Å². The fourth-order valence-corrected chi connectivity index (χ4v) is 3.98. The zero-order valence-corrected chi connectivity index (χ0v) is 13.9. The van der Waals surface area contributed by atoms with Crippen molar-refractivity contribution in [3.8, 4) is 0 Å². The highest BCUT2D eigenvalue weighted by atomic mass is 16.2. The van der Waals surface area contributed by atoms with Crippen LogP contribution in [0.2, 0.25) is 0 Å². The normalized spacial score (nSPS) is 24.0. The third kappa shape index (κ3) is 3.92. The van der Waals surface area contributed by atoms with Crippen molar-refractivity contribution < 1.29 is 9.59 Å². The maximum Gasteiger partial charge on any atom is 0.251 e. The molecular weight excluding hydrogens is 288 g/mol. The van der Waals surface area contributed by atoms with Gasteiger partial charge in [0.15, 0.2) is 0 Å². The van der Waals surface area contributed by atoms with Crippen LogP contribution in [0.4, 0.5) is 0 Å². The van der Waals surface area contributed by atoms with Gasteiger partial charge in [0, 0.05) is 18.7 Å². The van der Waals surface area contributed by atoms with Gasteiger partial charge >= 0.3 is 0 Å². The molecular formula is C19H26N2O2. The van der Waals surface area contributed by atoms with Crippen LogP contribution in [-0.4, -0.2) is 36.3 Å². The summed E-state index contributed by atoms with van der Waals surface area (Å²) >= 11 is 0. The molecule has 0 radical (unpaired) electrons. The minimum atomic E-state index is -0.172. The molecule has 1 saturated carbocycles. The van der Waals surface area contributed by atoms with E-state index in [1.165, 1.54) is 25.7 Å². The summed E-state index contributed by atoms with van der Waals surface area (Å²) < 4.78 is 0. The third-order valence-electron chi connectivity index (χ3n) is 5.32. The summed E-state index contributed by atoms with van der Waals surface area (Å²) in [7, 11) is 0. The molecule has 4 nitrogen and oxygen atoms in total. The van der Waals surface area contributed by atoms with Crippen LogP contribution in [0.25, 0.3) is 0 Å². The van der Waals surface area contributed by atoms with E-state index < -0.39 is 0 Å². The van der Waals surface area contributed by atoms with Crippen LogP contribution in [-0.2, 0) is 4.79 Å². The van der Waals surface area contributed by atoms with Crippen molar-refractivity contribution in [2.45, 2.75) is 39.0 Å². The highest BCUT2D eigenvalue weighted by Gasteiger charge is 2.32. The molecule has 124 valence electrons. The van der Waals surface area contributed by atoms with E-state index in [9.17, 15) is 9.59 Å². The molecule has 0 aromatic heterocycles. The predicted molar refractivity (Wildman–Crippen MR) is 90.2 cm³/mol. The van der Waals surface area contributed by atoms with E-state index in [2.05, 4.69) is 5.32 Å². The number of amides is 2. The highest BCUT2D eigenvalue weighted by Crippen LogP contribution is 2.35. The van der Waals surface area contributed by atoms with Gasteiger partial charge < -0.3 is 10.2 Å². The molecule has 2 fully saturated rings. The first-order valence-electron chi connectivity index (χ1n) is 8.76. The highest BCUT2D eigenvalue weighted by molar-refractivity contribution is 5.96. The summed E-state index contributed by atoms with van der Waals surface area (Å²) in [6.45, 7) is 3.78. The Labute approximate surface area is 138 Å². The minimum Gasteiger partial charge on any atom is -0.343 e. The number of nitrogens with zero attached hydrogens (tertiary/aromatic N) is 1.